The van der Waals surface area contributed by atoms with Gasteiger partial charge in [0.15, 0.2) is 0 Å². The molecule has 0 radical (unpaired) electrons. The van der Waals surface area contributed by atoms with Crippen molar-refractivity contribution in [3.63, 3.8) is 0 Å². The first kappa shape index (κ1) is 10.8. The van der Waals surface area contributed by atoms with Crippen LogP contribution in [-0.4, -0.2) is 24.1 Å². The maximum atomic E-state index is 3.76. The predicted octanol–water partition coefficient (Wildman–Crippen LogP) is 2.91. The second-order valence-corrected chi connectivity index (χ2v) is 6.26. The van der Waals surface area contributed by atoms with Gasteiger partial charge in [-0.05, 0) is 49.8 Å². The van der Waals surface area contributed by atoms with E-state index in [1.165, 1.54) is 50.2 Å². The first-order chi connectivity index (χ1) is 6.84. The standard InChI is InChI=1S/C12H23NS/c1-10-4-5-11(7-10)8-13-12-3-2-6-14-9-12/h10-13H,2-9H2,1H3. The molecule has 3 unspecified atom stereocenters. The lowest BCUT2D eigenvalue weighted by atomic mass is 10.1. The first-order valence-electron chi connectivity index (χ1n) is 6.15. The van der Waals surface area contributed by atoms with Crippen LogP contribution in [0, 0.1) is 11.8 Å². The Hall–Kier alpha value is 0.310. The molecule has 0 amide bonds. The number of rotatable bonds is 3. The van der Waals surface area contributed by atoms with E-state index in [1.54, 1.807) is 0 Å². The molecule has 3 atom stereocenters. The third-order valence-electron chi connectivity index (χ3n) is 3.66. The molecule has 2 fully saturated rings. The maximum Gasteiger partial charge on any atom is 0.0158 e. The molecule has 2 aliphatic rings. The first-order valence-corrected chi connectivity index (χ1v) is 7.31. The lowest BCUT2D eigenvalue weighted by molar-refractivity contribution is 0.421. The SMILES string of the molecule is CC1CCC(CNC2CCCSC2)C1. The molecule has 0 aromatic rings. The van der Waals surface area contributed by atoms with Crippen molar-refractivity contribution >= 4 is 11.8 Å². The fraction of sp³-hybridized carbons (Fsp3) is 1.00. The number of thioether (sulfide) groups is 1. The summed E-state index contributed by atoms with van der Waals surface area (Å²) in [5, 5.41) is 3.76. The minimum absolute atomic E-state index is 0.824. The molecule has 1 saturated carbocycles. The summed E-state index contributed by atoms with van der Waals surface area (Å²) in [6.07, 6.45) is 7.23. The summed E-state index contributed by atoms with van der Waals surface area (Å²) >= 11 is 2.12. The highest BCUT2D eigenvalue weighted by Crippen LogP contribution is 2.30. The van der Waals surface area contributed by atoms with Gasteiger partial charge in [-0.2, -0.15) is 11.8 Å². The van der Waals surface area contributed by atoms with Gasteiger partial charge in [-0.3, -0.25) is 0 Å². The number of hydrogen-bond donors (Lipinski definition) is 1. The van der Waals surface area contributed by atoms with Gasteiger partial charge in [-0.25, -0.2) is 0 Å². The van der Waals surface area contributed by atoms with E-state index in [2.05, 4.69) is 24.0 Å². The molecule has 82 valence electrons. The highest BCUT2D eigenvalue weighted by molar-refractivity contribution is 7.99. The second kappa shape index (κ2) is 5.41. The molecule has 0 bridgehead atoms. The van der Waals surface area contributed by atoms with Crippen LogP contribution in [0.15, 0.2) is 0 Å². The van der Waals surface area contributed by atoms with E-state index >= 15 is 0 Å². The predicted molar refractivity (Wildman–Crippen MR) is 64.9 cm³/mol. The van der Waals surface area contributed by atoms with E-state index in [1.807, 2.05) is 0 Å². The summed E-state index contributed by atoms with van der Waals surface area (Å²) in [6.45, 7) is 3.69. The van der Waals surface area contributed by atoms with Crippen LogP contribution in [-0.2, 0) is 0 Å². The van der Waals surface area contributed by atoms with Crippen molar-refractivity contribution in [3.05, 3.63) is 0 Å². The zero-order valence-corrected chi connectivity index (χ0v) is 10.1. The van der Waals surface area contributed by atoms with Gasteiger partial charge in [-0.15, -0.1) is 0 Å². The molecule has 2 heteroatoms. The van der Waals surface area contributed by atoms with Crippen molar-refractivity contribution in [1.82, 2.24) is 5.32 Å². The highest BCUT2D eigenvalue weighted by atomic mass is 32.2. The summed E-state index contributed by atoms with van der Waals surface area (Å²) < 4.78 is 0. The maximum absolute atomic E-state index is 3.76. The third-order valence-corrected chi connectivity index (χ3v) is 4.87. The minimum Gasteiger partial charge on any atom is -0.313 e. The zero-order valence-electron chi connectivity index (χ0n) is 9.30. The number of hydrogen-bond acceptors (Lipinski definition) is 2. The number of nitrogens with one attached hydrogen (secondary N) is 1. The molecule has 2 rings (SSSR count). The van der Waals surface area contributed by atoms with Crippen LogP contribution in [0.2, 0.25) is 0 Å². The van der Waals surface area contributed by atoms with Crippen LogP contribution in [0.25, 0.3) is 0 Å². The highest BCUT2D eigenvalue weighted by Gasteiger charge is 2.22. The topological polar surface area (TPSA) is 12.0 Å². The monoisotopic (exact) mass is 213 g/mol. The molecule has 14 heavy (non-hydrogen) atoms. The summed E-state index contributed by atoms with van der Waals surface area (Å²) in [5.74, 6) is 4.71. The lowest BCUT2D eigenvalue weighted by Gasteiger charge is -2.24. The Morgan fingerprint density at radius 2 is 2.21 bits per heavy atom. The van der Waals surface area contributed by atoms with Gasteiger partial charge in [-0.1, -0.05) is 13.3 Å². The Morgan fingerprint density at radius 3 is 2.86 bits per heavy atom. The molecule has 0 aromatic heterocycles. The Balaban J connectivity index is 1.61. The van der Waals surface area contributed by atoms with Gasteiger partial charge in [0.05, 0.1) is 0 Å². The Bertz CT molecular complexity index is 161. The fourth-order valence-corrected chi connectivity index (χ4v) is 3.85. The van der Waals surface area contributed by atoms with E-state index < -0.39 is 0 Å². The minimum atomic E-state index is 0.824. The van der Waals surface area contributed by atoms with Crippen LogP contribution < -0.4 is 5.32 Å². The quantitative estimate of drug-likeness (QED) is 0.773. The van der Waals surface area contributed by atoms with E-state index in [-0.39, 0.29) is 0 Å². The molecule has 1 nitrogen and oxygen atoms in total. The fourth-order valence-electron chi connectivity index (χ4n) is 2.75. The van der Waals surface area contributed by atoms with Crippen molar-refractivity contribution in [3.8, 4) is 0 Å². The van der Waals surface area contributed by atoms with Gasteiger partial charge in [0, 0.05) is 11.8 Å². The van der Waals surface area contributed by atoms with Gasteiger partial charge in [0.25, 0.3) is 0 Å². The average molecular weight is 213 g/mol. The van der Waals surface area contributed by atoms with Crippen molar-refractivity contribution in [1.29, 1.82) is 0 Å². The van der Waals surface area contributed by atoms with Gasteiger partial charge < -0.3 is 5.32 Å². The lowest BCUT2D eigenvalue weighted by Crippen LogP contribution is -2.36. The Morgan fingerprint density at radius 1 is 1.29 bits per heavy atom. The van der Waals surface area contributed by atoms with Crippen LogP contribution in [0.1, 0.15) is 39.0 Å². The molecule has 1 aliphatic heterocycles. The summed E-state index contributed by atoms with van der Waals surface area (Å²) in [5.41, 5.74) is 0. The summed E-state index contributed by atoms with van der Waals surface area (Å²) in [7, 11) is 0. The van der Waals surface area contributed by atoms with Crippen LogP contribution >= 0.6 is 11.8 Å². The van der Waals surface area contributed by atoms with E-state index in [0.29, 0.717) is 0 Å². The van der Waals surface area contributed by atoms with Gasteiger partial charge in [0.1, 0.15) is 0 Å². The van der Waals surface area contributed by atoms with Crippen LogP contribution in [0.3, 0.4) is 0 Å². The largest absolute Gasteiger partial charge is 0.313 e. The van der Waals surface area contributed by atoms with E-state index in [0.717, 1.165) is 17.9 Å². The van der Waals surface area contributed by atoms with Crippen molar-refractivity contribution < 1.29 is 0 Å². The van der Waals surface area contributed by atoms with Crippen molar-refractivity contribution in [2.45, 2.75) is 45.1 Å². The van der Waals surface area contributed by atoms with E-state index in [9.17, 15) is 0 Å². The molecule has 0 aromatic carbocycles. The van der Waals surface area contributed by atoms with Crippen LogP contribution in [0.4, 0.5) is 0 Å². The molecule has 0 spiro atoms. The normalized spacial score (nSPS) is 38.8. The van der Waals surface area contributed by atoms with E-state index in [4.69, 9.17) is 0 Å². The molecule has 1 saturated heterocycles. The van der Waals surface area contributed by atoms with Gasteiger partial charge >= 0.3 is 0 Å². The molecular weight excluding hydrogens is 190 g/mol. The summed E-state index contributed by atoms with van der Waals surface area (Å²) in [6, 6.07) is 0.824. The molecule has 1 heterocycles. The third kappa shape index (κ3) is 3.16. The smallest absolute Gasteiger partial charge is 0.0158 e. The van der Waals surface area contributed by atoms with Gasteiger partial charge in [0.2, 0.25) is 0 Å². The summed E-state index contributed by atoms with van der Waals surface area (Å²) in [4.78, 5) is 0. The zero-order chi connectivity index (χ0) is 9.80. The Kier molecular flexibility index (Phi) is 4.18. The molecule has 1 aliphatic carbocycles. The Labute approximate surface area is 92.4 Å². The molecular formula is C12H23NS. The van der Waals surface area contributed by atoms with Crippen LogP contribution in [0.5, 0.6) is 0 Å². The second-order valence-electron chi connectivity index (χ2n) is 5.11. The van der Waals surface area contributed by atoms with Crippen molar-refractivity contribution in [2.24, 2.45) is 11.8 Å². The average Bonchev–Trinajstić information content (AvgIpc) is 2.63. The van der Waals surface area contributed by atoms with Crippen molar-refractivity contribution in [2.75, 3.05) is 18.1 Å². The molecule has 1 N–H and O–H groups in total.